The van der Waals surface area contributed by atoms with E-state index in [4.69, 9.17) is 10.5 Å². The Morgan fingerprint density at radius 1 is 1.29 bits per heavy atom. The maximum atomic E-state index is 5.84. The van der Waals surface area contributed by atoms with Gasteiger partial charge in [0.05, 0.1) is 12.8 Å². The van der Waals surface area contributed by atoms with Gasteiger partial charge in [0.15, 0.2) is 8.68 Å². The number of methoxy groups -OCH3 is 1. The molecular formula is C9H10N4OS3. The van der Waals surface area contributed by atoms with Crippen LogP contribution in [0.4, 0.5) is 5.69 Å². The standard InChI is InChI=1S/C9H10N4OS3/c1-14-6-4-3-5(10)7(11-6)16-9-13-12-8(15-2)17-9/h3-4H,10H2,1-2H3. The zero-order chi connectivity index (χ0) is 12.3. The lowest BCUT2D eigenvalue weighted by molar-refractivity contribution is 0.395. The molecule has 0 bridgehead atoms. The van der Waals surface area contributed by atoms with Crippen molar-refractivity contribution in [2.45, 2.75) is 13.7 Å². The van der Waals surface area contributed by atoms with E-state index in [1.54, 1.807) is 31.0 Å². The number of nitrogen functional groups attached to an aromatic ring is 1. The molecule has 0 fully saturated rings. The average molecular weight is 286 g/mol. The van der Waals surface area contributed by atoms with Gasteiger partial charge in [0.2, 0.25) is 5.88 Å². The van der Waals surface area contributed by atoms with E-state index >= 15 is 0 Å². The van der Waals surface area contributed by atoms with Gasteiger partial charge in [0, 0.05) is 6.07 Å². The molecule has 0 amide bonds. The smallest absolute Gasteiger partial charge is 0.214 e. The first-order valence-corrected chi connectivity index (χ1v) is 7.44. The number of thioether (sulfide) groups is 1. The van der Waals surface area contributed by atoms with Crippen LogP contribution in [0, 0.1) is 0 Å². The van der Waals surface area contributed by atoms with Gasteiger partial charge in [-0.3, -0.25) is 0 Å². The first-order chi connectivity index (χ1) is 8.22. The van der Waals surface area contributed by atoms with Crippen LogP contribution in [0.1, 0.15) is 0 Å². The van der Waals surface area contributed by atoms with Crippen molar-refractivity contribution in [1.82, 2.24) is 15.2 Å². The molecule has 0 atom stereocenters. The summed E-state index contributed by atoms with van der Waals surface area (Å²) in [7, 11) is 1.57. The highest BCUT2D eigenvalue weighted by atomic mass is 32.2. The van der Waals surface area contributed by atoms with Crippen molar-refractivity contribution in [1.29, 1.82) is 0 Å². The van der Waals surface area contributed by atoms with Crippen molar-refractivity contribution in [2.75, 3.05) is 19.1 Å². The lowest BCUT2D eigenvalue weighted by Crippen LogP contribution is -1.94. The van der Waals surface area contributed by atoms with Crippen LogP contribution in [0.25, 0.3) is 0 Å². The van der Waals surface area contributed by atoms with Crippen molar-refractivity contribution in [3.05, 3.63) is 12.1 Å². The second-order valence-corrected chi connectivity index (χ2v) is 6.15. The highest BCUT2D eigenvalue weighted by Gasteiger charge is 2.10. The minimum atomic E-state index is 0.538. The third-order valence-corrected chi connectivity index (χ3v) is 4.79. The predicted molar refractivity (Wildman–Crippen MR) is 71.0 cm³/mol. The predicted octanol–water partition coefficient (Wildman–Crippen LogP) is 2.40. The molecule has 0 unspecified atom stereocenters. The van der Waals surface area contributed by atoms with Gasteiger partial charge in [-0.05, 0) is 24.1 Å². The summed E-state index contributed by atoms with van der Waals surface area (Å²) < 4.78 is 6.80. The molecule has 5 nitrogen and oxygen atoms in total. The second kappa shape index (κ2) is 5.56. The number of ether oxygens (including phenoxy) is 1. The number of anilines is 1. The van der Waals surface area contributed by atoms with Crippen molar-refractivity contribution >= 4 is 40.5 Å². The van der Waals surface area contributed by atoms with Gasteiger partial charge < -0.3 is 10.5 Å². The monoisotopic (exact) mass is 286 g/mol. The number of hydrogen-bond acceptors (Lipinski definition) is 8. The summed E-state index contributed by atoms with van der Waals surface area (Å²) in [5.41, 5.74) is 6.45. The minimum absolute atomic E-state index is 0.538. The van der Waals surface area contributed by atoms with E-state index in [0.717, 1.165) is 8.68 Å². The van der Waals surface area contributed by atoms with E-state index in [-0.39, 0.29) is 0 Å². The minimum Gasteiger partial charge on any atom is -0.481 e. The molecule has 90 valence electrons. The Labute approximate surface area is 111 Å². The Hall–Kier alpha value is -0.990. The van der Waals surface area contributed by atoms with Crippen LogP contribution >= 0.6 is 34.9 Å². The summed E-state index contributed by atoms with van der Waals surface area (Å²) >= 11 is 4.48. The average Bonchev–Trinajstić information content (AvgIpc) is 2.80. The van der Waals surface area contributed by atoms with Crippen molar-refractivity contribution in [2.24, 2.45) is 0 Å². The third-order valence-electron chi connectivity index (χ3n) is 1.82. The molecule has 0 aliphatic carbocycles. The van der Waals surface area contributed by atoms with Gasteiger partial charge in [-0.1, -0.05) is 23.1 Å². The van der Waals surface area contributed by atoms with Crippen LogP contribution in [0.15, 0.2) is 25.8 Å². The lowest BCUT2D eigenvalue weighted by atomic mass is 10.4. The largest absolute Gasteiger partial charge is 0.481 e. The highest BCUT2D eigenvalue weighted by Crippen LogP contribution is 2.35. The summed E-state index contributed by atoms with van der Waals surface area (Å²) in [5, 5.41) is 8.76. The summed E-state index contributed by atoms with van der Waals surface area (Å²) in [5.74, 6) is 0.538. The number of pyridine rings is 1. The number of nitrogens with zero attached hydrogens (tertiary/aromatic N) is 3. The van der Waals surface area contributed by atoms with Crippen LogP contribution in [0.5, 0.6) is 5.88 Å². The van der Waals surface area contributed by atoms with Crippen molar-refractivity contribution < 1.29 is 4.74 Å². The molecule has 0 aromatic carbocycles. The second-order valence-electron chi connectivity index (χ2n) is 2.89. The summed E-state index contributed by atoms with van der Waals surface area (Å²) in [6.07, 6.45) is 1.97. The van der Waals surface area contributed by atoms with Gasteiger partial charge in [-0.15, -0.1) is 10.2 Å². The van der Waals surface area contributed by atoms with Gasteiger partial charge in [0.1, 0.15) is 5.03 Å². The zero-order valence-corrected chi connectivity index (χ0v) is 11.7. The van der Waals surface area contributed by atoms with Crippen LogP contribution in [0.3, 0.4) is 0 Å². The Kier molecular flexibility index (Phi) is 4.08. The van der Waals surface area contributed by atoms with E-state index in [9.17, 15) is 0 Å². The van der Waals surface area contributed by atoms with Crippen LogP contribution in [-0.2, 0) is 0 Å². The molecule has 0 aliphatic heterocycles. The Morgan fingerprint density at radius 2 is 2.06 bits per heavy atom. The topological polar surface area (TPSA) is 73.9 Å². The summed E-state index contributed by atoms with van der Waals surface area (Å²) in [6, 6.07) is 3.50. The molecule has 0 saturated carbocycles. The van der Waals surface area contributed by atoms with Gasteiger partial charge in [0.25, 0.3) is 0 Å². The van der Waals surface area contributed by atoms with Gasteiger partial charge in [-0.25, -0.2) is 4.98 Å². The number of hydrogen-bond donors (Lipinski definition) is 1. The zero-order valence-electron chi connectivity index (χ0n) is 9.21. The van der Waals surface area contributed by atoms with Gasteiger partial charge in [-0.2, -0.15) is 0 Å². The molecule has 2 heterocycles. The molecule has 0 aliphatic rings. The van der Waals surface area contributed by atoms with E-state index < -0.39 is 0 Å². The molecule has 0 spiro atoms. The highest BCUT2D eigenvalue weighted by molar-refractivity contribution is 8.03. The maximum absolute atomic E-state index is 5.84. The molecule has 2 aromatic heterocycles. The third kappa shape index (κ3) is 3.02. The molecule has 2 aromatic rings. The fraction of sp³-hybridized carbons (Fsp3) is 0.222. The maximum Gasteiger partial charge on any atom is 0.214 e. The molecule has 2 rings (SSSR count). The van der Waals surface area contributed by atoms with Gasteiger partial charge >= 0.3 is 0 Å². The molecule has 2 N–H and O–H groups in total. The summed E-state index contributed by atoms with van der Waals surface area (Å²) in [4.78, 5) is 4.27. The van der Waals surface area contributed by atoms with Crippen LogP contribution in [0.2, 0.25) is 0 Å². The fourth-order valence-electron chi connectivity index (χ4n) is 1.03. The molecule has 17 heavy (non-hydrogen) atoms. The fourth-order valence-corrected chi connectivity index (χ4v) is 3.41. The van der Waals surface area contributed by atoms with Crippen molar-refractivity contribution in [3.63, 3.8) is 0 Å². The number of aromatic nitrogens is 3. The van der Waals surface area contributed by atoms with Crippen molar-refractivity contribution in [3.8, 4) is 5.88 Å². The molecule has 0 radical (unpaired) electrons. The first kappa shape index (κ1) is 12.5. The quantitative estimate of drug-likeness (QED) is 0.865. The van der Waals surface area contributed by atoms with Crippen LogP contribution in [-0.4, -0.2) is 28.5 Å². The summed E-state index contributed by atoms with van der Waals surface area (Å²) in [6.45, 7) is 0. The van der Waals surface area contributed by atoms with E-state index in [1.807, 2.05) is 6.26 Å². The normalized spacial score (nSPS) is 10.5. The Morgan fingerprint density at radius 3 is 2.71 bits per heavy atom. The number of nitrogens with two attached hydrogens (primary N) is 1. The van der Waals surface area contributed by atoms with Crippen LogP contribution < -0.4 is 10.5 Å². The van der Waals surface area contributed by atoms with E-state index in [0.29, 0.717) is 16.6 Å². The Balaban J connectivity index is 2.22. The first-order valence-electron chi connectivity index (χ1n) is 4.59. The van der Waals surface area contributed by atoms with E-state index in [2.05, 4.69) is 15.2 Å². The molecular weight excluding hydrogens is 276 g/mol. The Bertz CT molecular complexity index is 517. The molecule has 8 heteroatoms. The SMILES string of the molecule is COc1ccc(N)c(Sc2nnc(SC)s2)n1. The molecule has 0 saturated heterocycles. The lowest BCUT2D eigenvalue weighted by Gasteiger charge is -2.04. The number of rotatable bonds is 4. The van der Waals surface area contributed by atoms with E-state index in [1.165, 1.54) is 23.1 Å².